The van der Waals surface area contributed by atoms with Gasteiger partial charge >= 0.3 is 5.97 Å². The molecule has 0 saturated carbocycles. The van der Waals surface area contributed by atoms with Crippen LogP contribution in [0.5, 0.6) is 0 Å². The molecule has 2 rings (SSSR count). The first-order valence-corrected chi connectivity index (χ1v) is 5.99. The van der Waals surface area contributed by atoms with Gasteiger partial charge in [-0.25, -0.2) is 0 Å². The van der Waals surface area contributed by atoms with E-state index in [1.807, 2.05) is 24.3 Å². The maximum absolute atomic E-state index is 11.3. The lowest BCUT2D eigenvalue weighted by Crippen LogP contribution is -2.27. The average Bonchev–Trinajstić information content (AvgIpc) is 2.73. The van der Waals surface area contributed by atoms with E-state index in [1.54, 1.807) is 0 Å². The second-order valence-electron chi connectivity index (χ2n) is 3.86. The summed E-state index contributed by atoms with van der Waals surface area (Å²) in [6, 6.07) is 7.63. The average molecular weight is 298 g/mol. The summed E-state index contributed by atoms with van der Waals surface area (Å²) in [5.41, 5.74) is 0.969. The maximum atomic E-state index is 11.3. The summed E-state index contributed by atoms with van der Waals surface area (Å²) in [7, 11) is 1.46. The van der Waals surface area contributed by atoms with Gasteiger partial charge in [-0.3, -0.25) is 9.79 Å². The molecule has 0 bridgehead atoms. The van der Waals surface area contributed by atoms with Crippen LogP contribution in [-0.2, 0) is 9.53 Å². The highest BCUT2D eigenvalue weighted by molar-refractivity contribution is 9.10. The van der Waals surface area contributed by atoms with Crippen LogP contribution in [0.1, 0.15) is 11.5 Å². The smallest absolute Gasteiger partial charge is 0.316 e. The maximum Gasteiger partial charge on any atom is 0.316 e. The summed E-state index contributed by atoms with van der Waals surface area (Å²) in [5.74, 6) is -1.40. The molecule has 2 atom stereocenters. The van der Waals surface area contributed by atoms with Crippen molar-refractivity contribution in [2.45, 2.75) is 5.92 Å². The van der Waals surface area contributed by atoms with Crippen LogP contribution in [-0.4, -0.2) is 30.6 Å². The number of hydrogen-bond donors (Lipinski definition) is 1. The van der Waals surface area contributed by atoms with E-state index in [-0.39, 0.29) is 5.92 Å². The van der Waals surface area contributed by atoms with Crippen LogP contribution in [0, 0.1) is 5.92 Å². The number of rotatable bonds is 2. The van der Waals surface area contributed by atoms with Gasteiger partial charge in [-0.1, -0.05) is 28.1 Å². The summed E-state index contributed by atoms with van der Waals surface area (Å²) in [6.07, 6.45) is 0. The molecular formula is C12H12BrNO3. The third kappa shape index (κ3) is 2.34. The lowest BCUT2D eigenvalue weighted by Gasteiger charge is -2.16. The second-order valence-corrected chi connectivity index (χ2v) is 4.77. The molecule has 0 aromatic heterocycles. The van der Waals surface area contributed by atoms with Crippen LogP contribution in [0.3, 0.4) is 0 Å². The fourth-order valence-electron chi connectivity index (χ4n) is 2.04. The predicted octanol–water partition coefficient (Wildman–Crippen LogP) is 2.29. The Hall–Kier alpha value is -1.36. The Morgan fingerprint density at radius 1 is 1.47 bits per heavy atom. The van der Waals surface area contributed by atoms with Crippen LogP contribution in [0.4, 0.5) is 0 Å². The Labute approximate surface area is 107 Å². The van der Waals surface area contributed by atoms with Crippen LogP contribution in [0.2, 0.25) is 0 Å². The van der Waals surface area contributed by atoms with Crippen molar-refractivity contribution in [3.05, 3.63) is 34.3 Å². The number of methoxy groups -OCH3 is 1. The minimum absolute atomic E-state index is 0.143. The van der Waals surface area contributed by atoms with Gasteiger partial charge in [0.2, 0.25) is 0 Å². The molecule has 0 radical (unpaired) electrons. The molecule has 1 aliphatic rings. The SMILES string of the molecule is COC1=NCC(c2ccc(Br)cc2)C1C(=O)O. The van der Waals surface area contributed by atoms with Gasteiger partial charge in [-0.2, -0.15) is 0 Å². The standard InChI is InChI=1S/C12H12BrNO3/c1-17-11-10(12(15)16)9(6-14-11)7-2-4-8(13)5-3-7/h2-5,9-10H,6H2,1H3,(H,15,16). The highest BCUT2D eigenvalue weighted by Crippen LogP contribution is 2.32. The Bertz CT molecular complexity index is 455. The zero-order valence-electron chi connectivity index (χ0n) is 9.26. The molecule has 0 fully saturated rings. The van der Waals surface area contributed by atoms with Crippen molar-refractivity contribution in [3.63, 3.8) is 0 Å². The Morgan fingerprint density at radius 3 is 2.65 bits per heavy atom. The monoisotopic (exact) mass is 297 g/mol. The number of aliphatic imine (C=N–C) groups is 1. The summed E-state index contributed by atoms with van der Waals surface area (Å²) in [5, 5.41) is 9.23. The number of benzene rings is 1. The van der Waals surface area contributed by atoms with Crippen molar-refractivity contribution in [2.75, 3.05) is 13.7 Å². The van der Waals surface area contributed by atoms with Crippen LogP contribution >= 0.6 is 15.9 Å². The number of aliphatic carboxylic acids is 1. The Balaban J connectivity index is 2.28. The molecule has 1 heterocycles. The van der Waals surface area contributed by atoms with E-state index < -0.39 is 11.9 Å². The number of carbonyl (C=O) groups is 1. The first-order chi connectivity index (χ1) is 8.13. The van der Waals surface area contributed by atoms with E-state index in [0.29, 0.717) is 12.4 Å². The number of halogens is 1. The van der Waals surface area contributed by atoms with Crippen molar-refractivity contribution >= 4 is 27.8 Å². The predicted molar refractivity (Wildman–Crippen MR) is 67.3 cm³/mol. The van der Waals surface area contributed by atoms with Gasteiger partial charge in [-0.05, 0) is 17.7 Å². The summed E-state index contributed by atoms with van der Waals surface area (Å²) >= 11 is 3.35. The fraction of sp³-hybridized carbons (Fsp3) is 0.333. The first kappa shape index (κ1) is 12.1. The van der Waals surface area contributed by atoms with Crippen molar-refractivity contribution in [2.24, 2.45) is 10.9 Å². The molecule has 1 aromatic carbocycles. The van der Waals surface area contributed by atoms with Gasteiger partial charge in [0.15, 0.2) is 5.90 Å². The van der Waals surface area contributed by atoms with E-state index >= 15 is 0 Å². The Kier molecular flexibility index (Phi) is 3.47. The zero-order chi connectivity index (χ0) is 12.4. The Morgan fingerprint density at radius 2 is 2.12 bits per heavy atom. The zero-order valence-corrected chi connectivity index (χ0v) is 10.8. The number of carboxylic acids is 1. The molecule has 1 aromatic rings. The molecule has 2 unspecified atom stereocenters. The number of hydrogen-bond acceptors (Lipinski definition) is 3. The topological polar surface area (TPSA) is 58.9 Å². The molecule has 0 amide bonds. The molecule has 0 saturated heterocycles. The second kappa shape index (κ2) is 4.87. The van der Waals surface area contributed by atoms with Crippen molar-refractivity contribution < 1.29 is 14.6 Å². The highest BCUT2D eigenvalue weighted by atomic mass is 79.9. The van der Waals surface area contributed by atoms with Gasteiger partial charge in [0.25, 0.3) is 0 Å². The lowest BCUT2D eigenvalue weighted by molar-refractivity contribution is -0.140. The minimum Gasteiger partial charge on any atom is -0.484 e. The van der Waals surface area contributed by atoms with Crippen LogP contribution in [0.15, 0.2) is 33.7 Å². The van der Waals surface area contributed by atoms with Crippen LogP contribution < -0.4 is 0 Å². The summed E-state index contributed by atoms with van der Waals surface area (Å²) < 4.78 is 5.99. The number of nitrogens with zero attached hydrogens (tertiary/aromatic N) is 1. The minimum atomic E-state index is -0.893. The third-order valence-electron chi connectivity index (χ3n) is 2.89. The lowest BCUT2D eigenvalue weighted by atomic mass is 9.88. The van der Waals surface area contributed by atoms with Gasteiger partial charge < -0.3 is 9.84 Å². The van der Waals surface area contributed by atoms with E-state index in [9.17, 15) is 9.90 Å². The fourth-order valence-corrected chi connectivity index (χ4v) is 2.31. The molecule has 5 heteroatoms. The van der Waals surface area contributed by atoms with E-state index in [4.69, 9.17) is 4.74 Å². The van der Waals surface area contributed by atoms with Crippen LogP contribution in [0.25, 0.3) is 0 Å². The van der Waals surface area contributed by atoms with Crippen molar-refractivity contribution in [3.8, 4) is 0 Å². The molecule has 4 nitrogen and oxygen atoms in total. The molecule has 0 spiro atoms. The number of carboxylic acid groups (broad SMARTS) is 1. The normalized spacial score (nSPS) is 23.3. The van der Waals surface area contributed by atoms with Crippen molar-refractivity contribution in [1.29, 1.82) is 0 Å². The highest BCUT2D eigenvalue weighted by Gasteiger charge is 2.39. The quantitative estimate of drug-likeness (QED) is 0.911. The third-order valence-corrected chi connectivity index (χ3v) is 3.41. The molecule has 1 N–H and O–H groups in total. The van der Waals surface area contributed by atoms with Gasteiger partial charge in [0.1, 0.15) is 5.92 Å². The van der Waals surface area contributed by atoms with Crippen molar-refractivity contribution in [1.82, 2.24) is 0 Å². The number of ether oxygens (including phenoxy) is 1. The first-order valence-electron chi connectivity index (χ1n) is 5.20. The van der Waals surface area contributed by atoms with E-state index in [0.717, 1.165) is 10.0 Å². The molecule has 17 heavy (non-hydrogen) atoms. The molecular weight excluding hydrogens is 286 g/mol. The molecule has 1 aliphatic heterocycles. The summed E-state index contributed by atoms with van der Waals surface area (Å²) in [6.45, 7) is 0.460. The van der Waals surface area contributed by atoms with E-state index in [2.05, 4.69) is 20.9 Å². The molecule has 0 aliphatic carbocycles. The molecule has 90 valence electrons. The summed E-state index contributed by atoms with van der Waals surface area (Å²) in [4.78, 5) is 15.4. The van der Waals surface area contributed by atoms with Gasteiger partial charge in [0, 0.05) is 10.4 Å². The largest absolute Gasteiger partial charge is 0.484 e. The van der Waals surface area contributed by atoms with Gasteiger partial charge in [-0.15, -0.1) is 0 Å². The van der Waals surface area contributed by atoms with E-state index in [1.165, 1.54) is 7.11 Å². The van der Waals surface area contributed by atoms with Gasteiger partial charge in [0.05, 0.1) is 13.7 Å².